The van der Waals surface area contributed by atoms with Crippen LogP contribution < -0.4 is 9.47 Å². The summed E-state index contributed by atoms with van der Waals surface area (Å²) in [5.74, 6) is 2.30. The number of rotatable bonds is 17. The van der Waals surface area contributed by atoms with E-state index in [0.29, 0.717) is 45.0 Å². The number of allylic oxidation sites excluding steroid dienone is 2. The molecule has 0 saturated heterocycles. The van der Waals surface area contributed by atoms with Crippen molar-refractivity contribution in [3.8, 4) is 11.5 Å². The van der Waals surface area contributed by atoms with Crippen molar-refractivity contribution in [3.05, 3.63) is 120 Å². The zero-order valence-electron chi connectivity index (χ0n) is 27.1. The van der Waals surface area contributed by atoms with Crippen LogP contribution in [0.15, 0.2) is 103 Å². The van der Waals surface area contributed by atoms with Crippen LogP contribution in [0, 0.1) is 5.41 Å². The maximum atomic E-state index is 12.9. The van der Waals surface area contributed by atoms with Crippen LogP contribution in [0.1, 0.15) is 50.3 Å². The maximum absolute atomic E-state index is 12.9. The van der Waals surface area contributed by atoms with Gasteiger partial charge >= 0.3 is 0 Å². The van der Waals surface area contributed by atoms with Gasteiger partial charge in [-0.3, -0.25) is 4.79 Å². The van der Waals surface area contributed by atoms with Crippen molar-refractivity contribution < 1.29 is 33.2 Å². The van der Waals surface area contributed by atoms with E-state index in [1.807, 2.05) is 112 Å². The van der Waals surface area contributed by atoms with Crippen LogP contribution >= 0.6 is 0 Å². The Kier molecular flexibility index (Phi) is 12.8. The molecule has 7 heteroatoms. The van der Waals surface area contributed by atoms with Gasteiger partial charge in [0, 0.05) is 24.3 Å². The summed E-state index contributed by atoms with van der Waals surface area (Å²) in [5, 5.41) is 0. The first-order chi connectivity index (χ1) is 21.8. The van der Waals surface area contributed by atoms with Crippen molar-refractivity contribution in [2.75, 3.05) is 20.8 Å². The third-order valence-electron chi connectivity index (χ3n) is 7.82. The SMILES string of the molecule is COc1ccc(COCC=CC(C)(C)C2=CC(=O)C[C@@H](C[C@@H](OCc3ccc(OC)cc3)[C@@H](C)OCc3ccccc3)O2)cc1. The minimum atomic E-state index is -0.493. The number of ether oxygens (including phenoxy) is 6. The van der Waals surface area contributed by atoms with Crippen LogP contribution in [0.2, 0.25) is 0 Å². The quantitative estimate of drug-likeness (QED) is 0.114. The summed E-state index contributed by atoms with van der Waals surface area (Å²) in [6, 6.07) is 25.7. The van der Waals surface area contributed by atoms with Gasteiger partial charge in [0.05, 0.1) is 52.9 Å². The molecule has 0 aliphatic carbocycles. The van der Waals surface area contributed by atoms with Crippen LogP contribution in [0.3, 0.4) is 0 Å². The smallest absolute Gasteiger partial charge is 0.162 e. The molecule has 240 valence electrons. The molecule has 1 heterocycles. The molecule has 4 rings (SSSR count). The van der Waals surface area contributed by atoms with E-state index in [1.165, 1.54) is 0 Å². The van der Waals surface area contributed by atoms with Gasteiger partial charge in [0.2, 0.25) is 0 Å². The standard InChI is InChI=1S/C38H46O7/c1-28(43-26-29-10-7-6-8-11-29)36(44-27-31-14-18-34(41-5)19-15-31)24-35-22-32(39)23-37(45-35)38(2,3)20-9-21-42-25-30-12-16-33(40-4)17-13-30/h6-20,23,28,35-36H,21-22,24-27H2,1-5H3/t28-,35+,36-/m1/s1. The first-order valence-electron chi connectivity index (χ1n) is 15.5. The molecule has 1 aliphatic heterocycles. The molecule has 0 unspecified atom stereocenters. The Morgan fingerprint density at radius 2 is 1.40 bits per heavy atom. The number of benzene rings is 3. The van der Waals surface area contributed by atoms with Gasteiger partial charge in [-0.1, -0.05) is 66.7 Å². The lowest BCUT2D eigenvalue weighted by molar-refractivity contribution is -0.123. The summed E-state index contributed by atoms with van der Waals surface area (Å²) in [6.07, 6.45) is 5.59. The molecule has 45 heavy (non-hydrogen) atoms. The third kappa shape index (κ3) is 10.9. The van der Waals surface area contributed by atoms with E-state index >= 15 is 0 Å². The zero-order valence-corrected chi connectivity index (χ0v) is 27.1. The van der Waals surface area contributed by atoms with Crippen LogP contribution in [-0.2, 0) is 43.6 Å². The van der Waals surface area contributed by atoms with E-state index in [-0.39, 0.29) is 24.1 Å². The normalized spacial score (nSPS) is 16.6. The fraction of sp³-hybridized carbons (Fsp3) is 0.395. The van der Waals surface area contributed by atoms with E-state index in [1.54, 1.807) is 20.3 Å². The number of hydrogen-bond acceptors (Lipinski definition) is 7. The topological polar surface area (TPSA) is 72.5 Å². The lowest BCUT2D eigenvalue weighted by Crippen LogP contribution is -2.36. The molecule has 0 fully saturated rings. The second kappa shape index (κ2) is 17.0. The largest absolute Gasteiger partial charge is 0.497 e. The van der Waals surface area contributed by atoms with E-state index in [9.17, 15) is 4.79 Å². The Morgan fingerprint density at radius 1 is 0.822 bits per heavy atom. The maximum Gasteiger partial charge on any atom is 0.162 e. The molecule has 0 bridgehead atoms. The fourth-order valence-corrected chi connectivity index (χ4v) is 5.03. The molecule has 3 atom stereocenters. The van der Waals surface area contributed by atoms with Crippen molar-refractivity contribution in [2.45, 2.75) is 71.7 Å². The average molecular weight is 615 g/mol. The van der Waals surface area contributed by atoms with Gasteiger partial charge in [0.15, 0.2) is 5.78 Å². The Labute approximate surface area is 267 Å². The number of carbonyl (C=O) groups is 1. The molecular formula is C38H46O7. The summed E-state index contributed by atoms with van der Waals surface area (Å²) in [7, 11) is 3.30. The van der Waals surface area contributed by atoms with Crippen molar-refractivity contribution in [2.24, 2.45) is 5.41 Å². The minimum Gasteiger partial charge on any atom is -0.497 e. The van der Waals surface area contributed by atoms with E-state index < -0.39 is 5.41 Å². The fourth-order valence-electron chi connectivity index (χ4n) is 5.03. The summed E-state index contributed by atoms with van der Waals surface area (Å²) in [5.41, 5.74) is 2.69. The molecule has 7 nitrogen and oxygen atoms in total. The third-order valence-corrected chi connectivity index (χ3v) is 7.82. The van der Waals surface area contributed by atoms with Crippen LogP contribution in [0.4, 0.5) is 0 Å². The molecule has 3 aromatic rings. The second-order valence-electron chi connectivity index (χ2n) is 11.8. The van der Waals surface area contributed by atoms with Gasteiger partial charge in [-0.15, -0.1) is 0 Å². The highest BCUT2D eigenvalue weighted by Gasteiger charge is 2.33. The second-order valence-corrected chi connectivity index (χ2v) is 11.8. The Bertz CT molecular complexity index is 1380. The predicted octanol–water partition coefficient (Wildman–Crippen LogP) is 7.63. The Balaban J connectivity index is 1.36. The summed E-state index contributed by atoms with van der Waals surface area (Å²) < 4.78 is 35.5. The van der Waals surface area contributed by atoms with Crippen LogP contribution in [0.5, 0.6) is 11.5 Å². The summed E-state index contributed by atoms with van der Waals surface area (Å²) >= 11 is 0. The molecule has 3 aromatic carbocycles. The molecule has 0 aromatic heterocycles. The van der Waals surface area contributed by atoms with Gasteiger partial charge in [-0.05, 0) is 61.7 Å². The van der Waals surface area contributed by atoms with Crippen molar-refractivity contribution in [1.82, 2.24) is 0 Å². The van der Waals surface area contributed by atoms with E-state index in [0.717, 1.165) is 28.2 Å². The Morgan fingerprint density at radius 3 is 2.02 bits per heavy atom. The van der Waals surface area contributed by atoms with Crippen molar-refractivity contribution in [3.63, 3.8) is 0 Å². The molecular weight excluding hydrogens is 568 g/mol. The zero-order chi connectivity index (χ0) is 32.1. The molecule has 0 spiro atoms. The number of methoxy groups -OCH3 is 2. The van der Waals surface area contributed by atoms with Gasteiger partial charge in [-0.25, -0.2) is 0 Å². The first-order valence-corrected chi connectivity index (χ1v) is 15.5. The number of hydrogen-bond donors (Lipinski definition) is 0. The highest BCUT2D eigenvalue weighted by molar-refractivity contribution is 5.91. The van der Waals surface area contributed by atoms with E-state index in [2.05, 4.69) is 0 Å². The van der Waals surface area contributed by atoms with Gasteiger partial charge in [0.25, 0.3) is 0 Å². The molecule has 1 aliphatic rings. The summed E-state index contributed by atoms with van der Waals surface area (Å²) in [6.45, 7) is 7.91. The van der Waals surface area contributed by atoms with Crippen molar-refractivity contribution >= 4 is 5.78 Å². The average Bonchev–Trinajstić information content (AvgIpc) is 3.06. The Hall–Kier alpha value is -3.91. The van der Waals surface area contributed by atoms with Gasteiger partial charge in [0.1, 0.15) is 23.4 Å². The van der Waals surface area contributed by atoms with Gasteiger partial charge in [-0.2, -0.15) is 0 Å². The van der Waals surface area contributed by atoms with Crippen LogP contribution in [-0.4, -0.2) is 44.9 Å². The monoisotopic (exact) mass is 614 g/mol. The molecule has 0 N–H and O–H groups in total. The highest BCUT2D eigenvalue weighted by atomic mass is 16.5. The first kappa shape index (κ1) is 34.0. The lowest BCUT2D eigenvalue weighted by atomic mass is 9.87. The number of ketones is 1. The molecule has 0 amide bonds. The van der Waals surface area contributed by atoms with E-state index in [4.69, 9.17) is 28.4 Å². The predicted molar refractivity (Wildman–Crippen MR) is 175 cm³/mol. The van der Waals surface area contributed by atoms with Crippen LogP contribution in [0.25, 0.3) is 0 Å². The lowest BCUT2D eigenvalue weighted by Gasteiger charge is -2.34. The summed E-state index contributed by atoms with van der Waals surface area (Å²) in [4.78, 5) is 12.9. The highest BCUT2D eigenvalue weighted by Crippen LogP contribution is 2.35. The van der Waals surface area contributed by atoms with Gasteiger partial charge < -0.3 is 28.4 Å². The molecule has 0 saturated carbocycles. The van der Waals surface area contributed by atoms with Crippen molar-refractivity contribution in [1.29, 1.82) is 0 Å². The number of carbonyl (C=O) groups excluding carboxylic acids is 1. The molecule has 0 radical (unpaired) electrons. The minimum absolute atomic E-state index is 0.0465.